The molecule has 3 aromatic rings. The molecule has 1 aliphatic heterocycles. The third kappa shape index (κ3) is 3.50. The lowest BCUT2D eigenvalue weighted by atomic mass is 10.2. The lowest BCUT2D eigenvalue weighted by Crippen LogP contribution is -2.40. The van der Waals surface area contributed by atoms with E-state index in [0.29, 0.717) is 22.2 Å². The fourth-order valence-electron chi connectivity index (χ4n) is 2.74. The number of carbonyl (C=O) groups excluding carboxylic acids is 2. The number of amides is 2. The summed E-state index contributed by atoms with van der Waals surface area (Å²) in [6, 6.07) is 11.6. The van der Waals surface area contributed by atoms with Crippen molar-refractivity contribution in [1.82, 2.24) is 10.3 Å². The average Bonchev–Trinajstić information content (AvgIpc) is 3.16. The van der Waals surface area contributed by atoms with Gasteiger partial charge in [-0.15, -0.1) is 0 Å². The second-order valence-electron chi connectivity index (χ2n) is 5.82. The van der Waals surface area contributed by atoms with Crippen molar-refractivity contribution >= 4 is 29.1 Å². The summed E-state index contributed by atoms with van der Waals surface area (Å²) in [6.45, 7) is 0.0233. The van der Waals surface area contributed by atoms with Crippen LogP contribution in [-0.4, -0.2) is 23.3 Å². The van der Waals surface area contributed by atoms with Gasteiger partial charge < -0.3 is 14.5 Å². The number of furan rings is 1. The molecular formula is C19H14ClN3O4. The highest BCUT2D eigenvalue weighted by Gasteiger charge is 2.30. The number of aromatic nitrogens is 1. The molecule has 0 aliphatic carbocycles. The van der Waals surface area contributed by atoms with E-state index < -0.39 is 5.91 Å². The Kier molecular flexibility index (Phi) is 4.52. The molecule has 136 valence electrons. The van der Waals surface area contributed by atoms with E-state index >= 15 is 0 Å². The SMILES string of the molecule is O=C(CN1C(=O)c2cccnc2Oc2ccc(Cl)cc21)NCc1ccco1. The number of rotatable bonds is 4. The summed E-state index contributed by atoms with van der Waals surface area (Å²) in [5.41, 5.74) is 0.669. The molecule has 1 aromatic carbocycles. The van der Waals surface area contributed by atoms with E-state index in [9.17, 15) is 9.59 Å². The van der Waals surface area contributed by atoms with E-state index in [-0.39, 0.29) is 30.4 Å². The summed E-state index contributed by atoms with van der Waals surface area (Å²) in [4.78, 5) is 30.9. The Morgan fingerprint density at radius 2 is 2.11 bits per heavy atom. The first-order chi connectivity index (χ1) is 13.1. The first-order valence-corrected chi connectivity index (χ1v) is 8.53. The number of anilines is 1. The third-order valence-electron chi connectivity index (χ3n) is 4.01. The van der Waals surface area contributed by atoms with Gasteiger partial charge in [0, 0.05) is 11.2 Å². The molecule has 0 saturated heterocycles. The van der Waals surface area contributed by atoms with Gasteiger partial charge in [0.2, 0.25) is 11.8 Å². The molecule has 2 aromatic heterocycles. The van der Waals surface area contributed by atoms with Crippen molar-refractivity contribution in [2.75, 3.05) is 11.4 Å². The molecule has 0 atom stereocenters. The molecule has 27 heavy (non-hydrogen) atoms. The Bertz CT molecular complexity index is 1000. The summed E-state index contributed by atoms with van der Waals surface area (Å²) in [5, 5.41) is 3.15. The zero-order chi connectivity index (χ0) is 18.8. The molecule has 7 nitrogen and oxygen atoms in total. The Morgan fingerprint density at radius 3 is 2.93 bits per heavy atom. The van der Waals surface area contributed by atoms with Gasteiger partial charge >= 0.3 is 0 Å². The maximum atomic E-state index is 13.0. The minimum atomic E-state index is -0.396. The van der Waals surface area contributed by atoms with Crippen LogP contribution in [0.5, 0.6) is 11.6 Å². The Hall–Kier alpha value is -3.32. The number of nitrogens with zero attached hydrogens (tertiary/aromatic N) is 2. The molecule has 2 amide bonds. The summed E-state index contributed by atoms with van der Waals surface area (Å²) in [5.74, 6) is 0.450. The van der Waals surface area contributed by atoms with Crippen LogP contribution in [0.3, 0.4) is 0 Å². The summed E-state index contributed by atoms with van der Waals surface area (Å²) in [6.07, 6.45) is 3.06. The Balaban J connectivity index is 1.64. The first kappa shape index (κ1) is 17.1. The monoisotopic (exact) mass is 383 g/mol. The maximum absolute atomic E-state index is 13.0. The van der Waals surface area contributed by atoms with Gasteiger partial charge in [0.1, 0.15) is 17.9 Å². The molecule has 0 bridgehead atoms. The lowest BCUT2D eigenvalue weighted by Gasteiger charge is -2.21. The molecule has 0 radical (unpaired) electrons. The highest BCUT2D eigenvalue weighted by molar-refractivity contribution is 6.31. The van der Waals surface area contributed by atoms with E-state index in [1.807, 2.05) is 0 Å². The number of carbonyl (C=O) groups is 2. The van der Waals surface area contributed by atoms with Crippen molar-refractivity contribution in [3.63, 3.8) is 0 Å². The molecule has 1 N–H and O–H groups in total. The molecule has 0 unspecified atom stereocenters. The second kappa shape index (κ2) is 7.13. The Labute approximate surface area is 159 Å². The molecule has 4 rings (SSSR count). The van der Waals surface area contributed by atoms with Crippen LogP contribution in [0.25, 0.3) is 0 Å². The fourth-order valence-corrected chi connectivity index (χ4v) is 2.90. The van der Waals surface area contributed by atoms with Crippen molar-refractivity contribution in [2.45, 2.75) is 6.54 Å². The highest BCUT2D eigenvalue weighted by atomic mass is 35.5. The smallest absolute Gasteiger partial charge is 0.264 e. The van der Waals surface area contributed by atoms with Gasteiger partial charge in [-0.1, -0.05) is 11.6 Å². The Morgan fingerprint density at radius 1 is 1.22 bits per heavy atom. The highest BCUT2D eigenvalue weighted by Crippen LogP contribution is 2.39. The van der Waals surface area contributed by atoms with Crippen molar-refractivity contribution in [3.05, 3.63) is 71.3 Å². The van der Waals surface area contributed by atoms with Gasteiger partial charge in [-0.3, -0.25) is 14.5 Å². The number of hydrogen-bond donors (Lipinski definition) is 1. The molecular weight excluding hydrogens is 370 g/mol. The minimum Gasteiger partial charge on any atom is -0.467 e. The molecule has 8 heteroatoms. The lowest BCUT2D eigenvalue weighted by molar-refractivity contribution is -0.119. The average molecular weight is 384 g/mol. The van der Waals surface area contributed by atoms with Crippen LogP contribution in [0, 0.1) is 0 Å². The summed E-state index contributed by atoms with van der Waals surface area (Å²) < 4.78 is 11.0. The number of ether oxygens (including phenoxy) is 1. The second-order valence-corrected chi connectivity index (χ2v) is 6.25. The topological polar surface area (TPSA) is 84.7 Å². The summed E-state index contributed by atoms with van der Waals surface area (Å²) >= 11 is 6.10. The van der Waals surface area contributed by atoms with Gasteiger partial charge in [-0.05, 0) is 42.5 Å². The van der Waals surface area contributed by atoms with Crippen LogP contribution < -0.4 is 15.0 Å². The maximum Gasteiger partial charge on any atom is 0.264 e. The number of nitrogens with one attached hydrogen (secondary N) is 1. The predicted molar refractivity (Wildman–Crippen MR) is 98.0 cm³/mol. The van der Waals surface area contributed by atoms with E-state index in [1.165, 1.54) is 17.4 Å². The van der Waals surface area contributed by atoms with E-state index in [1.54, 1.807) is 42.5 Å². The zero-order valence-corrected chi connectivity index (χ0v) is 14.8. The van der Waals surface area contributed by atoms with Crippen LogP contribution >= 0.6 is 11.6 Å². The number of pyridine rings is 1. The van der Waals surface area contributed by atoms with Gasteiger partial charge in [-0.25, -0.2) is 4.98 Å². The van der Waals surface area contributed by atoms with E-state index in [0.717, 1.165) is 0 Å². The van der Waals surface area contributed by atoms with Crippen LogP contribution in [0.15, 0.2) is 59.3 Å². The normalized spacial score (nSPS) is 12.6. The van der Waals surface area contributed by atoms with Gasteiger partial charge in [0.15, 0.2) is 5.75 Å². The molecule has 1 aliphatic rings. The zero-order valence-electron chi connectivity index (χ0n) is 14.0. The predicted octanol–water partition coefficient (Wildman–Crippen LogP) is 3.40. The minimum absolute atomic E-state index is 0.185. The third-order valence-corrected chi connectivity index (χ3v) is 4.24. The van der Waals surface area contributed by atoms with Crippen molar-refractivity contribution in [3.8, 4) is 11.6 Å². The quantitative estimate of drug-likeness (QED) is 0.746. The largest absolute Gasteiger partial charge is 0.467 e. The molecule has 0 saturated carbocycles. The van der Waals surface area contributed by atoms with Gasteiger partial charge in [0.25, 0.3) is 5.91 Å². The van der Waals surface area contributed by atoms with Crippen molar-refractivity contribution < 1.29 is 18.7 Å². The van der Waals surface area contributed by atoms with Crippen molar-refractivity contribution in [1.29, 1.82) is 0 Å². The van der Waals surface area contributed by atoms with Crippen LogP contribution in [0.1, 0.15) is 16.1 Å². The van der Waals surface area contributed by atoms with E-state index in [2.05, 4.69) is 10.3 Å². The fraction of sp³-hybridized carbons (Fsp3) is 0.105. The number of fused-ring (bicyclic) bond motifs is 2. The van der Waals surface area contributed by atoms with Gasteiger partial charge in [-0.2, -0.15) is 0 Å². The summed E-state index contributed by atoms with van der Waals surface area (Å²) in [7, 11) is 0. The molecule has 0 fully saturated rings. The van der Waals surface area contributed by atoms with Crippen LogP contribution in [0.2, 0.25) is 5.02 Å². The van der Waals surface area contributed by atoms with Crippen LogP contribution in [0.4, 0.5) is 5.69 Å². The number of hydrogen-bond acceptors (Lipinski definition) is 5. The molecule has 0 spiro atoms. The number of halogens is 1. The molecule has 3 heterocycles. The first-order valence-electron chi connectivity index (χ1n) is 8.15. The van der Waals surface area contributed by atoms with Gasteiger partial charge in [0.05, 0.1) is 18.5 Å². The number of benzene rings is 1. The standard InChI is InChI=1S/C19H14ClN3O4/c20-12-5-6-16-15(9-12)23(11-17(24)22-10-13-3-2-8-26-13)19(25)14-4-1-7-21-18(14)27-16/h1-9H,10-11H2,(H,22,24). The van der Waals surface area contributed by atoms with E-state index in [4.69, 9.17) is 20.8 Å². The van der Waals surface area contributed by atoms with Crippen molar-refractivity contribution in [2.24, 2.45) is 0 Å². The van der Waals surface area contributed by atoms with Crippen LogP contribution in [-0.2, 0) is 11.3 Å².